The summed E-state index contributed by atoms with van der Waals surface area (Å²) in [6, 6.07) is 0. The van der Waals surface area contributed by atoms with Crippen molar-refractivity contribution in [3.8, 4) is 0 Å². The topological polar surface area (TPSA) is 30.5 Å². The summed E-state index contributed by atoms with van der Waals surface area (Å²) in [5.74, 6) is 0. The van der Waals surface area contributed by atoms with E-state index >= 15 is 0 Å². The van der Waals surface area contributed by atoms with Gasteiger partial charge in [0.1, 0.15) is 0 Å². The average molecular weight is 225 g/mol. The maximum atomic E-state index is 5.74. The normalized spacial score (nSPS) is 19.4. The molecule has 0 saturated carbocycles. The molecule has 1 heterocycles. The van der Waals surface area contributed by atoms with Crippen LogP contribution >= 0.6 is 0 Å². The zero-order chi connectivity index (χ0) is 11.6. The lowest BCUT2D eigenvalue weighted by Crippen LogP contribution is -2.37. The van der Waals surface area contributed by atoms with Crippen LogP contribution in [0.2, 0.25) is 0 Å². The quantitative estimate of drug-likeness (QED) is 0.727. The fraction of sp³-hybridized carbons (Fsp3) is 0.833. The van der Waals surface area contributed by atoms with Crippen LogP contribution in [0.25, 0.3) is 0 Å². The molecule has 0 radical (unpaired) electrons. The molecule has 0 unspecified atom stereocenters. The van der Waals surface area contributed by atoms with Crippen molar-refractivity contribution < 1.29 is 9.31 Å². The third kappa shape index (κ3) is 5.15. The Kier molecular flexibility index (Phi) is 7.56. The molecule has 1 aliphatic heterocycles. The Morgan fingerprint density at radius 2 is 1.88 bits per heavy atom. The van der Waals surface area contributed by atoms with Gasteiger partial charge in [-0.2, -0.15) is 0 Å². The number of hydrogen-bond acceptors (Lipinski definition) is 3. The van der Waals surface area contributed by atoms with Crippen molar-refractivity contribution in [3.05, 3.63) is 11.5 Å². The predicted molar refractivity (Wildman–Crippen MR) is 68.4 cm³/mol. The van der Waals surface area contributed by atoms with Crippen molar-refractivity contribution in [1.82, 2.24) is 5.32 Å². The molecular weight excluding hydrogens is 201 g/mol. The molecule has 3 nitrogen and oxygen atoms in total. The van der Waals surface area contributed by atoms with Gasteiger partial charge >= 0.3 is 7.12 Å². The Bertz CT molecular complexity index is 201. The minimum absolute atomic E-state index is 0.103. The van der Waals surface area contributed by atoms with Gasteiger partial charge in [0.05, 0.1) is 0 Å². The highest BCUT2D eigenvalue weighted by atomic mass is 16.6. The third-order valence-electron chi connectivity index (χ3n) is 2.63. The summed E-state index contributed by atoms with van der Waals surface area (Å²) >= 11 is 0. The van der Waals surface area contributed by atoms with Crippen LogP contribution in [0, 0.1) is 0 Å². The molecule has 92 valence electrons. The number of rotatable bonds is 5. The van der Waals surface area contributed by atoms with Crippen LogP contribution in [0.5, 0.6) is 0 Å². The van der Waals surface area contributed by atoms with Gasteiger partial charge in [-0.3, -0.25) is 0 Å². The fourth-order valence-corrected chi connectivity index (χ4v) is 1.80. The Morgan fingerprint density at radius 3 is 2.44 bits per heavy atom. The van der Waals surface area contributed by atoms with E-state index in [4.69, 9.17) is 9.31 Å². The van der Waals surface area contributed by atoms with Gasteiger partial charge < -0.3 is 14.6 Å². The first-order valence-corrected chi connectivity index (χ1v) is 6.51. The van der Waals surface area contributed by atoms with Gasteiger partial charge in [-0.15, -0.1) is 0 Å². The summed E-state index contributed by atoms with van der Waals surface area (Å²) in [7, 11) is -0.103. The minimum atomic E-state index is -0.103. The van der Waals surface area contributed by atoms with Crippen molar-refractivity contribution in [2.75, 3.05) is 26.3 Å². The molecule has 0 bridgehead atoms. The Labute approximate surface area is 99.7 Å². The Balaban J connectivity index is 2.51. The van der Waals surface area contributed by atoms with Crippen LogP contribution in [-0.4, -0.2) is 33.4 Å². The van der Waals surface area contributed by atoms with Crippen molar-refractivity contribution in [3.63, 3.8) is 0 Å². The summed E-state index contributed by atoms with van der Waals surface area (Å²) in [5, 5.41) is 3.25. The summed E-state index contributed by atoms with van der Waals surface area (Å²) in [4.78, 5) is 0. The van der Waals surface area contributed by atoms with Crippen molar-refractivity contribution in [2.24, 2.45) is 0 Å². The monoisotopic (exact) mass is 225 g/mol. The lowest BCUT2D eigenvalue weighted by atomic mass is 9.74. The molecule has 0 aliphatic carbocycles. The van der Waals surface area contributed by atoms with Crippen molar-refractivity contribution >= 4 is 7.12 Å². The van der Waals surface area contributed by atoms with Gasteiger partial charge in [0.25, 0.3) is 0 Å². The standard InChI is InChI=1S/C12H24BNO2/c1-3-5-7-12(6-4-2)13-15-10-8-14-9-11-16-13/h7,14H,3-6,8-11H2,1-2H3. The van der Waals surface area contributed by atoms with E-state index in [1.54, 1.807) is 0 Å². The van der Waals surface area contributed by atoms with Crippen LogP contribution in [0.3, 0.4) is 0 Å². The Morgan fingerprint density at radius 1 is 1.19 bits per heavy atom. The highest BCUT2D eigenvalue weighted by Gasteiger charge is 2.23. The number of unbranched alkanes of at least 4 members (excludes halogenated alkanes) is 1. The summed E-state index contributed by atoms with van der Waals surface area (Å²) in [5.41, 5.74) is 1.33. The highest BCUT2D eigenvalue weighted by molar-refractivity contribution is 6.53. The first kappa shape index (κ1) is 13.7. The first-order valence-electron chi connectivity index (χ1n) is 6.51. The summed E-state index contributed by atoms with van der Waals surface area (Å²) in [6.07, 6.45) is 6.83. The highest BCUT2D eigenvalue weighted by Crippen LogP contribution is 2.14. The maximum Gasteiger partial charge on any atom is 0.489 e. The van der Waals surface area contributed by atoms with Crippen LogP contribution in [0.4, 0.5) is 0 Å². The number of nitrogens with one attached hydrogen (secondary N) is 1. The molecule has 1 fully saturated rings. The largest absolute Gasteiger partial charge is 0.489 e. The number of allylic oxidation sites excluding steroid dienone is 2. The van der Waals surface area contributed by atoms with E-state index in [1.165, 1.54) is 11.9 Å². The van der Waals surface area contributed by atoms with Gasteiger partial charge in [-0.25, -0.2) is 0 Å². The van der Waals surface area contributed by atoms with Gasteiger partial charge in [-0.05, 0) is 18.3 Å². The van der Waals surface area contributed by atoms with Gasteiger partial charge in [0, 0.05) is 26.3 Å². The van der Waals surface area contributed by atoms with E-state index < -0.39 is 0 Å². The Hall–Kier alpha value is -0.315. The molecule has 1 rings (SSSR count). The summed E-state index contributed by atoms with van der Waals surface area (Å²) in [6.45, 7) is 7.71. The van der Waals surface area contributed by atoms with E-state index in [2.05, 4.69) is 25.2 Å². The van der Waals surface area contributed by atoms with E-state index in [9.17, 15) is 0 Å². The molecular formula is C12H24BNO2. The minimum Gasteiger partial charge on any atom is -0.406 e. The second kappa shape index (κ2) is 8.79. The smallest absolute Gasteiger partial charge is 0.406 e. The summed E-state index contributed by atoms with van der Waals surface area (Å²) < 4.78 is 11.5. The fourth-order valence-electron chi connectivity index (χ4n) is 1.80. The zero-order valence-electron chi connectivity index (χ0n) is 10.6. The van der Waals surface area contributed by atoms with Crippen LogP contribution < -0.4 is 5.32 Å². The first-order chi connectivity index (χ1) is 7.88. The molecule has 0 aromatic carbocycles. The van der Waals surface area contributed by atoms with E-state index in [0.29, 0.717) is 0 Å². The third-order valence-corrected chi connectivity index (χ3v) is 2.63. The molecule has 0 aromatic rings. The van der Waals surface area contributed by atoms with Crippen LogP contribution in [0.1, 0.15) is 39.5 Å². The molecule has 4 heteroatoms. The average Bonchev–Trinajstić information content (AvgIpc) is 2.24. The molecule has 0 amide bonds. The van der Waals surface area contributed by atoms with E-state index in [1.807, 2.05) is 0 Å². The second-order valence-electron chi connectivity index (χ2n) is 4.14. The van der Waals surface area contributed by atoms with E-state index in [0.717, 1.165) is 45.6 Å². The van der Waals surface area contributed by atoms with E-state index in [-0.39, 0.29) is 7.12 Å². The SMILES string of the molecule is CCCC=C(CCC)B1OCCNCCO1. The molecule has 0 spiro atoms. The lowest BCUT2D eigenvalue weighted by Gasteiger charge is -2.20. The molecule has 1 aliphatic rings. The molecule has 0 atom stereocenters. The van der Waals surface area contributed by atoms with Gasteiger partial charge in [0.2, 0.25) is 0 Å². The van der Waals surface area contributed by atoms with Crippen molar-refractivity contribution in [1.29, 1.82) is 0 Å². The predicted octanol–water partition coefficient (Wildman–Crippen LogP) is 2.18. The number of hydrogen-bond donors (Lipinski definition) is 1. The lowest BCUT2D eigenvalue weighted by molar-refractivity contribution is 0.183. The van der Waals surface area contributed by atoms with Crippen LogP contribution in [-0.2, 0) is 9.31 Å². The molecule has 16 heavy (non-hydrogen) atoms. The molecule has 1 saturated heterocycles. The second-order valence-corrected chi connectivity index (χ2v) is 4.14. The van der Waals surface area contributed by atoms with Crippen molar-refractivity contribution in [2.45, 2.75) is 39.5 Å². The zero-order valence-corrected chi connectivity index (χ0v) is 10.6. The molecule has 1 N–H and O–H groups in total. The molecule has 0 aromatic heterocycles. The van der Waals surface area contributed by atoms with Gasteiger partial charge in [-0.1, -0.05) is 32.8 Å². The maximum absolute atomic E-state index is 5.74. The van der Waals surface area contributed by atoms with Gasteiger partial charge in [0.15, 0.2) is 0 Å². The van der Waals surface area contributed by atoms with Crippen LogP contribution in [0.15, 0.2) is 11.5 Å².